The second-order valence-corrected chi connectivity index (χ2v) is 7.06. The van der Waals surface area contributed by atoms with E-state index in [4.69, 9.17) is 9.26 Å². The molecule has 2 amide bonds. The molecule has 0 radical (unpaired) electrons. The van der Waals surface area contributed by atoms with Crippen molar-refractivity contribution in [2.75, 3.05) is 32.8 Å². The van der Waals surface area contributed by atoms with Crippen LogP contribution in [0.4, 0.5) is 13.2 Å². The third-order valence-electron chi connectivity index (χ3n) is 5.02. The lowest BCUT2D eigenvalue weighted by Gasteiger charge is -2.34. The molecule has 0 saturated carbocycles. The van der Waals surface area contributed by atoms with Crippen molar-refractivity contribution in [2.45, 2.75) is 26.4 Å². The lowest BCUT2D eigenvalue weighted by Crippen LogP contribution is -2.52. The first-order valence-electron chi connectivity index (χ1n) is 9.42. The lowest BCUT2D eigenvalue weighted by atomic mass is 10.1. The summed E-state index contributed by atoms with van der Waals surface area (Å²) in [6.07, 6.45) is -4.29. The Morgan fingerprint density at radius 3 is 2.30 bits per heavy atom. The Morgan fingerprint density at radius 1 is 1.10 bits per heavy atom. The summed E-state index contributed by atoms with van der Waals surface area (Å²) in [7, 11) is 0. The summed E-state index contributed by atoms with van der Waals surface area (Å²) in [5, 5.41) is 3.84. The summed E-state index contributed by atoms with van der Waals surface area (Å²) < 4.78 is 48.6. The van der Waals surface area contributed by atoms with Gasteiger partial charge < -0.3 is 19.1 Å². The zero-order valence-corrected chi connectivity index (χ0v) is 16.7. The highest BCUT2D eigenvalue weighted by Gasteiger charge is 2.31. The van der Waals surface area contributed by atoms with Crippen molar-refractivity contribution in [1.29, 1.82) is 0 Å². The SMILES string of the molecule is Cc1noc(C)c1CC(=O)N1CCN(C(=O)COc2cccc(C(F)(F)F)c2)CC1. The minimum absolute atomic E-state index is 0.0218. The number of hydrogen-bond acceptors (Lipinski definition) is 5. The molecule has 0 aliphatic carbocycles. The lowest BCUT2D eigenvalue weighted by molar-refractivity contribution is -0.140. The topological polar surface area (TPSA) is 75.9 Å². The Bertz CT molecular complexity index is 899. The van der Waals surface area contributed by atoms with Gasteiger partial charge in [0.15, 0.2) is 6.61 Å². The number of rotatable bonds is 5. The van der Waals surface area contributed by atoms with Gasteiger partial charge in [0.25, 0.3) is 5.91 Å². The zero-order chi connectivity index (χ0) is 21.9. The van der Waals surface area contributed by atoms with Crippen LogP contribution in [0.5, 0.6) is 5.75 Å². The van der Waals surface area contributed by atoms with Crippen LogP contribution in [-0.4, -0.2) is 59.6 Å². The minimum Gasteiger partial charge on any atom is -0.484 e. The first-order valence-corrected chi connectivity index (χ1v) is 9.42. The monoisotopic (exact) mass is 425 g/mol. The first kappa shape index (κ1) is 21.7. The summed E-state index contributed by atoms with van der Waals surface area (Å²) in [4.78, 5) is 28.0. The van der Waals surface area contributed by atoms with Gasteiger partial charge in [0.1, 0.15) is 11.5 Å². The number of ether oxygens (including phenoxy) is 1. The third kappa shape index (κ3) is 5.11. The predicted molar refractivity (Wildman–Crippen MR) is 99.8 cm³/mol. The molecule has 1 fully saturated rings. The quantitative estimate of drug-likeness (QED) is 0.736. The number of carbonyl (C=O) groups excluding carboxylic acids is 2. The molecule has 1 aliphatic rings. The molecule has 2 heterocycles. The molecule has 0 spiro atoms. The van der Waals surface area contributed by atoms with E-state index < -0.39 is 11.7 Å². The van der Waals surface area contributed by atoms with E-state index in [0.29, 0.717) is 37.6 Å². The molecule has 0 bridgehead atoms. The van der Waals surface area contributed by atoms with Crippen LogP contribution >= 0.6 is 0 Å². The third-order valence-corrected chi connectivity index (χ3v) is 5.02. The Kier molecular flexibility index (Phi) is 6.33. The van der Waals surface area contributed by atoms with Crippen LogP contribution in [0, 0.1) is 13.8 Å². The normalized spacial score (nSPS) is 14.7. The number of aromatic nitrogens is 1. The molecular weight excluding hydrogens is 403 g/mol. The molecule has 30 heavy (non-hydrogen) atoms. The van der Waals surface area contributed by atoms with Gasteiger partial charge in [-0.25, -0.2) is 0 Å². The van der Waals surface area contributed by atoms with Gasteiger partial charge in [0, 0.05) is 31.7 Å². The van der Waals surface area contributed by atoms with Crippen molar-refractivity contribution in [1.82, 2.24) is 15.0 Å². The molecule has 162 valence electrons. The van der Waals surface area contributed by atoms with E-state index in [2.05, 4.69) is 5.16 Å². The average molecular weight is 425 g/mol. The maximum absolute atomic E-state index is 12.8. The molecule has 2 aromatic rings. The van der Waals surface area contributed by atoms with Crippen LogP contribution in [0.25, 0.3) is 0 Å². The van der Waals surface area contributed by atoms with Gasteiger partial charge in [-0.3, -0.25) is 9.59 Å². The standard InChI is InChI=1S/C20H22F3N3O4/c1-13-17(14(2)30-24-13)11-18(27)25-6-8-26(9-7-25)19(28)12-29-16-5-3-4-15(10-16)20(21,22)23/h3-5,10H,6-9,11-12H2,1-2H3. The zero-order valence-electron chi connectivity index (χ0n) is 16.7. The second-order valence-electron chi connectivity index (χ2n) is 7.06. The number of carbonyl (C=O) groups is 2. The number of nitrogens with zero attached hydrogens (tertiary/aromatic N) is 3. The van der Waals surface area contributed by atoms with E-state index in [1.807, 2.05) is 0 Å². The van der Waals surface area contributed by atoms with Gasteiger partial charge in [-0.15, -0.1) is 0 Å². The Hall–Kier alpha value is -3.04. The maximum atomic E-state index is 12.8. The van der Waals surface area contributed by atoms with E-state index in [0.717, 1.165) is 17.7 Å². The van der Waals surface area contributed by atoms with Gasteiger partial charge in [0.2, 0.25) is 5.91 Å². The summed E-state index contributed by atoms with van der Waals surface area (Å²) in [5.74, 6) is 0.176. The smallest absolute Gasteiger partial charge is 0.416 e. The highest BCUT2D eigenvalue weighted by molar-refractivity contribution is 5.80. The maximum Gasteiger partial charge on any atom is 0.416 e. The van der Waals surface area contributed by atoms with Gasteiger partial charge >= 0.3 is 6.18 Å². The van der Waals surface area contributed by atoms with E-state index in [9.17, 15) is 22.8 Å². The van der Waals surface area contributed by atoms with Crippen molar-refractivity contribution >= 4 is 11.8 Å². The van der Waals surface area contributed by atoms with Crippen molar-refractivity contribution in [2.24, 2.45) is 0 Å². The molecule has 0 atom stereocenters. The second kappa shape index (κ2) is 8.76. The van der Waals surface area contributed by atoms with Gasteiger partial charge in [0.05, 0.1) is 17.7 Å². The van der Waals surface area contributed by atoms with E-state index in [1.165, 1.54) is 17.0 Å². The fraction of sp³-hybridized carbons (Fsp3) is 0.450. The molecule has 1 aromatic carbocycles. The van der Waals surface area contributed by atoms with E-state index in [1.54, 1.807) is 18.7 Å². The number of hydrogen-bond donors (Lipinski definition) is 0. The van der Waals surface area contributed by atoms with Crippen LogP contribution in [0.3, 0.4) is 0 Å². The van der Waals surface area contributed by atoms with Gasteiger partial charge in [-0.05, 0) is 32.0 Å². The highest BCUT2D eigenvalue weighted by atomic mass is 19.4. The molecule has 3 rings (SSSR count). The average Bonchev–Trinajstić information content (AvgIpc) is 3.03. The summed E-state index contributed by atoms with van der Waals surface area (Å²) >= 11 is 0. The number of alkyl halides is 3. The molecular formula is C20H22F3N3O4. The first-order chi connectivity index (χ1) is 14.1. The number of amides is 2. The highest BCUT2D eigenvalue weighted by Crippen LogP contribution is 2.31. The van der Waals surface area contributed by atoms with Crippen molar-refractivity contribution < 1.29 is 32.0 Å². The van der Waals surface area contributed by atoms with Crippen molar-refractivity contribution in [3.05, 3.63) is 46.8 Å². The largest absolute Gasteiger partial charge is 0.484 e. The molecule has 1 saturated heterocycles. The predicted octanol–water partition coefficient (Wildman–Crippen LogP) is 2.60. The van der Waals surface area contributed by atoms with E-state index >= 15 is 0 Å². The van der Waals surface area contributed by atoms with Crippen molar-refractivity contribution in [3.8, 4) is 5.75 Å². The Balaban J connectivity index is 1.48. The Labute approximate surface area is 171 Å². The minimum atomic E-state index is -4.48. The summed E-state index contributed by atoms with van der Waals surface area (Å²) in [6, 6.07) is 4.39. The van der Waals surface area contributed by atoms with Crippen LogP contribution in [0.15, 0.2) is 28.8 Å². The van der Waals surface area contributed by atoms with Crippen LogP contribution in [-0.2, 0) is 22.2 Å². The molecule has 0 N–H and O–H groups in total. The molecule has 7 nitrogen and oxygen atoms in total. The molecule has 1 aliphatic heterocycles. The van der Waals surface area contributed by atoms with E-state index in [-0.39, 0.29) is 30.6 Å². The number of halogens is 3. The number of benzene rings is 1. The van der Waals surface area contributed by atoms with Gasteiger partial charge in [-0.1, -0.05) is 11.2 Å². The van der Waals surface area contributed by atoms with Crippen molar-refractivity contribution in [3.63, 3.8) is 0 Å². The van der Waals surface area contributed by atoms with Crippen LogP contribution in [0.1, 0.15) is 22.6 Å². The van der Waals surface area contributed by atoms with Gasteiger partial charge in [-0.2, -0.15) is 13.2 Å². The van der Waals surface area contributed by atoms with Crippen LogP contribution in [0.2, 0.25) is 0 Å². The number of piperazine rings is 1. The summed E-state index contributed by atoms with van der Waals surface area (Å²) in [5.41, 5.74) is 0.618. The molecule has 1 aromatic heterocycles. The fourth-order valence-electron chi connectivity index (χ4n) is 3.22. The molecule has 0 unspecified atom stereocenters. The number of aryl methyl sites for hydroxylation is 2. The fourth-order valence-corrected chi connectivity index (χ4v) is 3.22. The summed E-state index contributed by atoms with van der Waals surface area (Å²) in [6.45, 7) is 4.57. The Morgan fingerprint density at radius 2 is 1.73 bits per heavy atom. The molecule has 10 heteroatoms. The van der Waals surface area contributed by atoms with Crippen LogP contribution < -0.4 is 4.74 Å².